The maximum atomic E-state index is 12.0. The third-order valence-electron chi connectivity index (χ3n) is 3.08. The minimum atomic E-state index is -0.456. The third-order valence-corrected chi connectivity index (χ3v) is 3.08. The molecule has 5 nitrogen and oxygen atoms in total. The molecule has 0 spiro atoms. The van der Waals surface area contributed by atoms with Crippen LogP contribution in [0.3, 0.4) is 0 Å². The van der Waals surface area contributed by atoms with E-state index in [0.717, 1.165) is 19.4 Å². The Kier molecular flexibility index (Phi) is 7.05. The Balaban J connectivity index is 2.53. The number of nitrogens with one attached hydrogen (secondary N) is 3. The van der Waals surface area contributed by atoms with Gasteiger partial charge in [-0.1, -0.05) is 40.2 Å². The van der Waals surface area contributed by atoms with Crippen LogP contribution in [0.25, 0.3) is 0 Å². The van der Waals surface area contributed by atoms with Gasteiger partial charge in [0.05, 0.1) is 6.54 Å². The lowest BCUT2D eigenvalue weighted by atomic mass is 9.95. The Morgan fingerprint density at radius 2 is 1.73 bits per heavy atom. The van der Waals surface area contributed by atoms with Crippen molar-refractivity contribution >= 4 is 23.2 Å². The van der Waals surface area contributed by atoms with E-state index < -0.39 is 5.41 Å². The van der Waals surface area contributed by atoms with E-state index in [1.54, 1.807) is 24.3 Å². The summed E-state index contributed by atoms with van der Waals surface area (Å²) in [6.07, 6.45) is 2.16. The molecule has 22 heavy (non-hydrogen) atoms. The van der Waals surface area contributed by atoms with E-state index in [2.05, 4.69) is 22.9 Å². The van der Waals surface area contributed by atoms with Crippen LogP contribution < -0.4 is 16.0 Å². The van der Waals surface area contributed by atoms with Crippen molar-refractivity contribution in [2.24, 2.45) is 5.41 Å². The predicted octanol–water partition coefficient (Wildman–Crippen LogP) is 3.00. The minimum absolute atomic E-state index is 0.0581. The van der Waals surface area contributed by atoms with Gasteiger partial charge in [0.2, 0.25) is 11.8 Å². The summed E-state index contributed by atoms with van der Waals surface area (Å²) in [5, 5.41) is 8.76. The number of carbonyl (C=O) groups is 2. The molecule has 1 rings (SSSR count). The van der Waals surface area contributed by atoms with Gasteiger partial charge in [0.25, 0.3) is 0 Å². The fourth-order valence-corrected chi connectivity index (χ4v) is 1.70. The summed E-state index contributed by atoms with van der Waals surface area (Å²) in [7, 11) is 0. The average molecular weight is 305 g/mol. The van der Waals surface area contributed by atoms with Crippen molar-refractivity contribution in [1.29, 1.82) is 0 Å². The molecular formula is C17H27N3O2. The SMILES string of the molecule is CCCCNCC(=O)Nc1cccc(NC(=O)C(C)(C)C)c1. The van der Waals surface area contributed by atoms with Crippen LogP contribution in [0.15, 0.2) is 24.3 Å². The van der Waals surface area contributed by atoms with Gasteiger partial charge in [-0.25, -0.2) is 0 Å². The van der Waals surface area contributed by atoms with Crippen LogP contribution in [0, 0.1) is 5.41 Å². The molecular weight excluding hydrogens is 278 g/mol. The molecule has 5 heteroatoms. The molecule has 0 aromatic heterocycles. The van der Waals surface area contributed by atoms with Gasteiger partial charge in [-0.15, -0.1) is 0 Å². The van der Waals surface area contributed by atoms with Crippen molar-refractivity contribution < 1.29 is 9.59 Å². The second kappa shape index (κ2) is 8.54. The highest BCUT2D eigenvalue weighted by Gasteiger charge is 2.21. The van der Waals surface area contributed by atoms with E-state index in [9.17, 15) is 9.59 Å². The van der Waals surface area contributed by atoms with E-state index in [4.69, 9.17) is 0 Å². The minimum Gasteiger partial charge on any atom is -0.326 e. The molecule has 3 N–H and O–H groups in total. The highest BCUT2D eigenvalue weighted by atomic mass is 16.2. The van der Waals surface area contributed by atoms with Crippen LogP contribution in [0.5, 0.6) is 0 Å². The van der Waals surface area contributed by atoms with Gasteiger partial charge in [0.1, 0.15) is 0 Å². The molecule has 1 aromatic carbocycles. The Labute approximate surface area is 132 Å². The van der Waals surface area contributed by atoms with Gasteiger partial charge < -0.3 is 16.0 Å². The number of hydrogen-bond acceptors (Lipinski definition) is 3. The molecule has 0 heterocycles. The van der Waals surface area contributed by atoms with Crippen molar-refractivity contribution in [2.75, 3.05) is 23.7 Å². The summed E-state index contributed by atoms with van der Waals surface area (Å²) in [4.78, 5) is 23.8. The monoisotopic (exact) mass is 305 g/mol. The van der Waals surface area contributed by atoms with Crippen LogP contribution >= 0.6 is 0 Å². The molecule has 0 aliphatic carbocycles. The van der Waals surface area contributed by atoms with Crippen molar-refractivity contribution in [1.82, 2.24) is 5.32 Å². The van der Waals surface area contributed by atoms with Crippen LogP contribution in [-0.2, 0) is 9.59 Å². The lowest BCUT2D eigenvalue weighted by molar-refractivity contribution is -0.123. The first-order valence-electron chi connectivity index (χ1n) is 7.75. The number of amides is 2. The second-order valence-electron chi connectivity index (χ2n) is 6.36. The standard InChI is InChI=1S/C17H27N3O2/c1-5-6-10-18-12-15(21)19-13-8-7-9-14(11-13)20-16(22)17(2,3)4/h7-9,11,18H,5-6,10,12H2,1-4H3,(H,19,21)(H,20,22). The molecule has 0 bridgehead atoms. The molecule has 1 aromatic rings. The highest BCUT2D eigenvalue weighted by molar-refractivity contribution is 5.96. The van der Waals surface area contributed by atoms with Crippen molar-refractivity contribution in [3.8, 4) is 0 Å². The molecule has 122 valence electrons. The molecule has 0 aliphatic rings. The second-order valence-corrected chi connectivity index (χ2v) is 6.36. The molecule has 2 amide bonds. The average Bonchev–Trinajstić information content (AvgIpc) is 2.43. The van der Waals surface area contributed by atoms with Gasteiger partial charge >= 0.3 is 0 Å². The normalized spacial score (nSPS) is 11.1. The van der Waals surface area contributed by atoms with Crippen molar-refractivity contribution in [2.45, 2.75) is 40.5 Å². The maximum Gasteiger partial charge on any atom is 0.238 e. The molecule has 0 radical (unpaired) electrons. The number of carbonyl (C=O) groups excluding carboxylic acids is 2. The number of rotatable bonds is 7. The number of unbranched alkanes of at least 4 members (excludes halogenated alkanes) is 1. The first-order valence-corrected chi connectivity index (χ1v) is 7.75. The topological polar surface area (TPSA) is 70.2 Å². The number of benzene rings is 1. The first kappa shape index (κ1) is 18.2. The van der Waals surface area contributed by atoms with E-state index in [0.29, 0.717) is 17.9 Å². The van der Waals surface area contributed by atoms with Gasteiger partial charge in [-0.05, 0) is 31.2 Å². The van der Waals surface area contributed by atoms with Gasteiger partial charge in [-0.3, -0.25) is 9.59 Å². The summed E-state index contributed by atoms with van der Waals surface area (Å²) in [5.74, 6) is -0.146. The van der Waals surface area contributed by atoms with E-state index >= 15 is 0 Å². The quantitative estimate of drug-likeness (QED) is 0.678. The molecule has 0 aliphatic heterocycles. The predicted molar refractivity (Wildman–Crippen MR) is 90.9 cm³/mol. The van der Waals surface area contributed by atoms with E-state index in [-0.39, 0.29) is 11.8 Å². The Hall–Kier alpha value is -1.88. The molecule has 0 saturated carbocycles. The maximum absolute atomic E-state index is 12.0. The van der Waals surface area contributed by atoms with Crippen molar-refractivity contribution in [3.05, 3.63) is 24.3 Å². The Morgan fingerprint density at radius 3 is 2.32 bits per heavy atom. The van der Waals surface area contributed by atoms with E-state index in [1.807, 2.05) is 20.8 Å². The lowest BCUT2D eigenvalue weighted by Gasteiger charge is -2.18. The van der Waals surface area contributed by atoms with Gasteiger partial charge in [0, 0.05) is 16.8 Å². The molecule has 0 atom stereocenters. The van der Waals surface area contributed by atoms with Crippen LogP contribution in [-0.4, -0.2) is 24.9 Å². The van der Waals surface area contributed by atoms with E-state index in [1.165, 1.54) is 0 Å². The summed E-state index contributed by atoms with van der Waals surface area (Å²) in [5.41, 5.74) is 0.897. The largest absolute Gasteiger partial charge is 0.326 e. The zero-order valence-corrected chi connectivity index (χ0v) is 14.0. The molecule has 0 fully saturated rings. The molecule has 0 unspecified atom stereocenters. The fourth-order valence-electron chi connectivity index (χ4n) is 1.70. The Bertz CT molecular complexity index is 507. The highest BCUT2D eigenvalue weighted by Crippen LogP contribution is 2.19. The summed E-state index contributed by atoms with van der Waals surface area (Å²) >= 11 is 0. The van der Waals surface area contributed by atoms with Crippen molar-refractivity contribution in [3.63, 3.8) is 0 Å². The summed E-state index contributed by atoms with van der Waals surface area (Å²) in [6, 6.07) is 7.17. The fraction of sp³-hybridized carbons (Fsp3) is 0.529. The smallest absolute Gasteiger partial charge is 0.238 e. The zero-order valence-electron chi connectivity index (χ0n) is 14.0. The first-order chi connectivity index (χ1) is 10.3. The van der Waals surface area contributed by atoms with Crippen LogP contribution in [0.4, 0.5) is 11.4 Å². The lowest BCUT2D eigenvalue weighted by Crippen LogP contribution is -2.29. The zero-order chi connectivity index (χ0) is 16.6. The number of hydrogen-bond donors (Lipinski definition) is 3. The van der Waals surface area contributed by atoms with Crippen LogP contribution in [0.2, 0.25) is 0 Å². The summed E-state index contributed by atoms with van der Waals surface area (Å²) in [6.45, 7) is 8.81. The van der Waals surface area contributed by atoms with Gasteiger partial charge in [0.15, 0.2) is 0 Å². The number of anilines is 2. The molecule has 0 saturated heterocycles. The Morgan fingerprint density at radius 1 is 1.09 bits per heavy atom. The van der Waals surface area contributed by atoms with Crippen LogP contribution in [0.1, 0.15) is 40.5 Å². The summed E-state index contributed by atoms with van der Waals surface area (Å²) < 4.78 is 0. The third kappa shape index (κ3) is 6.72. The van der Waals surface area contributed by atoms with Gasteiger partial charge in [-0.2, -0.15) is 0 Å².